The lowest BCUT2D eigenvalue weighted by atomic mass is 9.98. The van der Waals surface area contributed by atoms with Crippen LogP contribution in [0.2, 0.25) is 0 Å². The molecule has 2 aromatic carbocycles. The molecule has 1 saturated heterocycles. The standard InChI is InChI=1S/C22H24N2O2/c25-16-18-8-6-17(7-9-18)12-19-10-11-24(14-19)15-21-13-22(23-26-21)20-4-2-1-3-5-20/h1-9,13,19,25H,10-12,14-16H2. The van der Waals surface area contributed by atoms with Crippen molar-refractivity contribution in [2.24, 2.45) is 5.92 Å². The van der Waals surface area contributed by atoms with Crippen molar-refractivity contribution in [2.75, 3.05) is 13.1 Å². The van der Waals surface area contributed by atoms with Crippen molar-refractivity contribution in [3.8, 4) is 11.3 Å². The van der Waals surface area contributed by atoms with Crippen LogP contribution in [0.3, 0.4) is 0 Å². The van der Waals surface area contributed by atoms with Crippen LogP contribution in [0.15, 0.2) is 65.2 Å². The average molecular weight is 348 g/mol. The number of aliphatic hydroxyl groups excluding tert-OH is 1. The van der Waals surface area contributed by atoms with Gasteiger partial charge in [-0.3, -0.25) is 4.90 Å². The largest absolute Gasteiger partial charge is 0.392 e. The Morgan fingerprint density at radius 3 is 2.58 bits per heavy atom. The summed E-state index contributed by atoms with van der Waals surface area (Å²) in [5.74, 6) is 1.60. The maximum absolute atomic E-state index is 9.14. The molecule has 1 aliphatic heterocycles. The minimum absolute atomic E-state index is 0.111. The lowest BCUT2D eigenvalue weighted by Crippen LogP contribution is -2.20. The molecule has 0 amide bonds. The van der Waals surface area contributed by atoms with E-state index in [2.05, 4.69) is 40.4 Å². The number of rotatable bonds is 6. The van der Waals surface area contributed by atoms with Gasteiger partial charge in [-0.1, -0.05) is 59.8 Å². The van der Waals surface area contributed by atoms with Crippen molar-refractivity contribution in [1.29, 1.82) is 0 Å². The second-order valence-electron chi connectivity index (χ2n) is 7.11. The second-order valence-corrected chi connectivity index (χ2v) is 7.11. The number of likely N-dealkylation sites (tertiary alicyclic amines) is 1. The Kier molecular flexibility index (Phi) is 5.14. The molecule has 1 N–H and O–H groups in total. The predicted molar refractivity (Wildman–Crippen MR) is 101 cm³/mol. The third-order valence-corrected chi connectivity index (χ3v) is 5.11. The topological polar surface area (TPSA) is 49.5 Å². The molecule has 4 nitrogen and oxygen atoms in total. The van der Waals surface area contributed by atoms with Crippen molar-refractivity contribution in [3.05, 3.63) is 77.6 Å². The number of nitrogens with zero attached hydrogens (tertiary/aromatic N) is 2. The maximum Gasteiger partial charge on any atom is 0.151 e. The molecule has 0 bridgehead atoms. The minimum atomic E-state index is 0.111. The highest BCUT2D eigenvalue weighted by Crippen LogP contribution is 2.24. The Bertz CT molecular complexity index is 827. The van der Waals surface area contributed by atoms with Gasteiger partial charge in [-0.15, -0.1) is 0 Å². The average Bonchev–Trinajstić information content (AvgIpc) is 3.33. The fraction of sp³-hybridized carbons (Fsp3) is 0.318. The van der Waals surface area contributed by atoms with Gasteiger partial charge in [0, 0.05) is 18.2 Å². The fourth-order valence-electron chi connectivity index (χ4n) is 3.69. The summed E-state index contributed by atoms with van der Waals surface area (Å²) >= 11 is 0. The molecule has 4 heteroatoms. The molecule has 1 unspecified atom stereocenters. The Hall–Kier alpha value is -2.43. The normalized spacial score (nSPS) is 17.7. The highest BCUT2D eigenvalue weighted by atomic mass is 16.5. The van der Waals surface area contributed by atoms with Crippen LogP contribution in [-0.4, -0.2) is 28.3 Å². The van der Waals surface area contributed by atoms with E-state index in [-0.39, 0.29) is 6.61 Å². The lowest BCUT2D eigenvalue weighted by Gasteiger charge is -2.14. The van der Waals surface area contributed by atoms with Gasteiger partial charge < -0.3 is 9.63 Å². The van der Waals surface area contributed by atoms with Gasteiger partial charge in [0.05, 0.1) is 13.2 Å². The molecule has 3 aromatic rings. The van der Waals surface area contributed by atoms with E-state index < -0.39 is 0 Å². The Morgan fingerprint density at radius 2 is 1.81 bits per heavy atom. The van der Waals surface area contributed by atoms with Crippen molar-refractivity contribution in [1.82, 2.24) is 10.1 Å². The van der Waals surface area contributed by atoms with Crippen molar-refractivity contribution >= 4 is 0 Å². The number of hydrogen-bond donors (Lipinski definition) is 1. The summed E-state index contributed by atoms with van der Waals surface area (Å²) in [6, 6.07) is 20.5. The van der Waals surface area contributed by atoms with Gasteiger partial charge in [0.25, 0.3) is 0 Å². The summed E-state index contributed by atoms with van der Waals surface area (Å²) in [6.45, 7) is 3.11. The summed E-state index contributed by atoms with van der Waals surface area (Å²) in [5, 5.41) is 13.4. The van der Waals surface area contributed by atoms with Crippen molar-refractivity contribution in [3.63, 3.8) is 0 Å². The van der Waals surface area contributed by atoms with Gasteiger partial charge in [-0.25, -0.2) is 0 Å². The molecule has 1 atom stereocenters. The van der Waals surface area contributed by atoms with Crippen LogP contribution in [-0.2, 0) is 19.6 Å². The molecule has 0 spiro atoms. The molecule has 0 saturated carbocycles. The van der Waals surface area contributed by atoms with E-state index >= 15 is 0 Å². The summed E-state index contributed by atoms with van der Waals surface area (Å²) in [4.78, 5) is 2.45. The van der Waals surface area contributed by atoms with E-state index in [1.54, 1.807) is 0 Å². The van der Waals surface area contributed by atoms with Crippen LogP contribution in [0.5, 0.6) is 0 Å². The highest BCUT2D eigenvalue weighted by Gasteiger charge is 2.23. The van der Waals surface area contributed by atoms with Crippen LogP contribution in [0.25, 0.3) is 11.3 Å². The Balaban J connectivity index is 1.32. The monoisotopic (exact) mass is 348 g/mol. The first-order chi connectivity index (χ1) is 12.8. The van der Waals surface area contributed by atoms with Crippen LogP contribution < -0.4 is 0 Å². The highest BCUT2D eigenvalue weighted by molar-refractivity contribution is 5.58. The molecule has 1 aromatic heterocycles. The number of aliphatic hydroxyl groups is 1. The van der Waals surface area contributed by atoms with E-state index in [1.807, 2.05) is 30.3 Å². The van der Waals surface area contributed by atoms with Crippen LogP contribution in [0, 0.1) is 5.92 Å². The SMILES string of the molecule is OCc1ccc(CC2CCN(Cc3cc(-c4ccccc4)no3)C2)cc1. The zero-order chi connectivity index (χ0) is 17.8. The lowest BCUT2D eigenvalue weighted by molar-refractivity contribution is 0.266. The first-order valence-corrected chi connectivity index (χ1v) is 9.22. The van der Waals surface area contributed by atoms with E-state index in [0.717, 1.165) is 48.6 Å². The predicted octanol–water partition coefficient (Wildman–Crippen LogP) is 3.90. The quantitative estimate of drug-likeness (QED) is 0.734. The van der Waals surface area contributed by atoms with Gasteiger partial charge in [0.1, 0.15) is 5.69 Å². The maximum atomic E-state index is 9.14. The number of benzene rings is 2. The summed E-state index contributed by atoms with van der Waals surface area (Å²) in [5.41, 5.74) is 4.31. The molecule has 0 radical (unpaired) electrons. The first kappa shape index (κ1) is 17.0. The molecular weight excluding hydrogens is 324 g/mol. The summed E-state index contributed by atoms with van der Waals surface area (Å²) < 4.78 is 5.54. The van der Waals surface area contributed by atoms with Gasteiger partial charge >= 0.3 is 0 Å². The van der Waals surface area contributed by atoms with E-state index in [1.165, 1.54) is 12.0 Å². The molecule has 2 heterocycles. The van der Waals surface area contributed by atoms with Crippen LogP contribution >= 0.6 is 0 Å². The van der Waals surface area contributed by atoms with Gasteiger partial charge in [-0.05, 0) is 36.4 Å². The molecular formula is C22H24N2O2. The third kappa shape index (κ3) is 4.03. The molecule has 1 aliphatic rings. The van der Waals surface area contributed by atoms with Crippen molar-refractivity contribution in [2.45, 2.75) is 26.0 Å². The minimum Gasteiger partial charge on any atom is -0.392 e. The molecule has 0 aliphatic carbocycles. The second kappa shape index (κ2) is 7.85. The smallest absolute Gasteiger partial charge is 0.151 e. The van der Waals surface area contributed by atoms with Crippen LogP contribution in [0.4, 0.5) is 0 Å². The molecule has 1 fully saturated rings. The van der Waals surface area contributed by atoms with E-state index in [9.17, 15) is 0 Å². The van der Waals surface area contributed by atoms with Crippen LogP contribution in [0.1, 0.15) is 23.3 Å². The molecule has 134 valence electrons. The summed E-state index contributed by atoms with van der Waals surface area (Å²) in [7, 11) is 0. The molecule has 26 heavy (non-hydrogen) atoms. The van der Waals surface area contributed by atoms with E-state index in [0.29, 0.717) is 5.92 Å². The van der Waals surface area contributed by atoms with Gasteiger partial charge in [0.2, 0.25) is 0 Å². The van der Waals surface area contributed by atoms with Crippen molar-refractivity contribution < 1.29 is 9.63 Å². The van der Waals surface area contributed by atoms with Gasteiger partial charge in [-0.2, -0.15) is 0 Å². The Labute approximate surface area is 154 Å². The Morgan fingerprint density at radius 1 is 1.04 bits per heavy atom. The summed E-state index contributed by atoms with van der Waals surface area (Å²) in [6.07, 6.45) is 2.30. The zero-order valence-electron chi connectivity index (χ0n) is 14.8. The molecule has 4 rings (SSSR count). The zero-order valence-corrected chi connectivity index (χ0v) is 14.8. The number of hydrogen-bond acceptors (Lipinski definition) is 4. The fourth-order valence-corrected chi connectivity index (χ4v) is 3.69. The van der Waals surface area contributed by atoms with Gasteiger partial charge in [0.15, 0.2) is 5.76 Å². The first-order valence-electron chi connectivity index (χ1n) is 9.22. The van der Waals surface area contributed by atoms with E-state index in [4.69, 9.17) is 9.63 Å². The third-order valence-electron chi connectivity index (χ3n) is 5.11. The number of aromatic nitrogens is 1.